The first-order valence-corrected chi connectivity index (χ1v) is 9.81. The summed E-state index contributed by atoms with van der Waals surface area (Å²) in [7, 11) is -3.49. The molecule has 0 spiro atoms. The summed E-state index contributed by atoms with van der Waals surface area (Å²) in [5.41, 5.74) is 1.54. The monoisotopic (exact) mass is 363 g/mol. The third-order valence-electron chi connectivity index (χ3n) is 3.75. The Labute approximate surface area is 149 Å². The normalized spacial score (nSPS) is 11.6. The minimum absolute atomic E-state index is 0.264. The number of rotatable bonds is 8. The standard InChI is InChI=1S/C17H25N5O2S/c1-5-18-17-19-12-13(4)16(21-17)20-14-9-8-10-15(11-14)25(23,24)22(6-2)7-3/h8-12H,5-7H2,1-4H3,(H2,18,19,20,21). The van der Waals surface area contributed by atoms with E-state index in [4.69, 9.17) is 0 Å². The number of sulfonamides is 1. The molecule has 136 valence electrons. The van der Waals surface area contributed by atoms with Crippen LogP contribution in [0.3, 0.4) is 0 Å². The van der Waals surface area contributed by atoms with Gasteiger partial charge < -0.3 is 10.6 Å². The van der Waals surface area contributed by atoms with Gasteiger partial charge in [-0.25, -0.2) is 13.4 Å². The van der Waals surface area contributed by atoms with Crippen molar-refractivity contribution in [3.63, 3.8) is 0 Å². The first-order chi connectivity index (χ1) is 11.9. The Morgan fingerprint density at radius 1 is 1.16 bits per heavy atom. The van der Waals surface area contributed by atoms with Crippen molar-refractivity contribution in [2.24, 2.45) is 0 Å². The van der Waals surface area contributed by atoms with Gasteiger partial charge in [-0.05, 0) is 32.0 Å². The second-order valence-electron chi connectivity index (χ2n) is 5.50. The molecule has 8 heteroatoms. The first kappa shape index (κ1) is 19.1. The van der Waals surface area contributed by atoms with Crippen LogP contribution in [0.4, 0.5) is 17.5 Å². The van der Waals surface area contributed by atoms with Crippen molar-refractivity contribution in [1.82, 2.24) is 14.3 Å². The molecular weight excluding hydrogens is 338 g/mol. The number of nitrogens with one attached hydrogen (secondary N) is 2. The molecular formula is C17H25N5O2S. The summed E-state index contributed by atoms with van der Waals surface area (Å²) in [5, 5.41) is 6.25. The molecule has 0 saturated carbocycles. The quantitative estimate of drug-likeness (QED) is 0.750. The van der Waals surface area contributed by atoms with E-state index in [-0.39, 0.29) is 4.90 Å². The van der Waals surface area contributed by atoms with E-state index in [1.807, 2.05) is 33.8 Å². The molecule has 0 aliphatic carbocycles. The molecule has 0 unspecified atom stereocenters. The molecule has 0 radical (unpaired) electrons. The molecule has 2 N–H and O–H groups in total. The van der Waals surface area contributed by atoms with E-state index in [2.05, 4.69) is 20.6 Å². The second-order valence-corrected chi connectivity index (χ2v) is 7.44. The van der Waals surface area contributed by atoms with Crippen molar-refractivity contribution < 1.29 is 8.42 Å². The maximum atomic E-state index is 12.7. The molecule has 0 bridgehead atoms. The van der Waals surface area contributed by atoms with Crippen molar-refractivity contribution in [2.45, 2.75) is 32.6 Å². The zero-order chi connectivity index (χ0) is 18.4. The van der Waals surface area contributed by atoms with Crippen LogP contribution in [0.1, 0.15) is 26.3 Å². The lowest BCUT2D eigenvalue weighted by molar-refractivity contribution is 0.445. The number of hydrogen-bond acceptors (Lipinski definition) is 6. The topological polar surface area (TPSA) is 87.2 Å². The van der Waals surface area contributed by atoms with E-state index in [1.54, 1.807) is 24.4 Å². The predicted octanol–water partition coefficient (Wildman–Crippen LogP) is 2.99. The van der Waals surface area contributed by atoms with Gasteiger partial charge in [0.05, 0.1) is 4.90 Å². The molecule has 2 rings (SSSR count). The lowest BCUT2D eigenvalue weighted by Gasteiger charge is -2.19. The van der Waals surface area contributed by atoms with Gasteiger partial charge in [0.15, 0.2) is 0 Å². The molecule has 0 aliphatic heterocycles. The molecule has 1 heterocycles. The summed E-state index contributed by atoms with van der Waals surface area (Å²) in [6.45, 7) is 9.12. The summed E-state index contributed by atoms with van der Waals surface area (Å²) < 4.78 is 26.8. The van der Waals surface area contributed by atoms with E-state index >= 15 is 0 Å². The Morgan fingerprint density at radius 2 is 1.88 bits per heavy atom. The molecule has 0 atom stereocenters. The first-order valence-electron chi connectivity index (χ1n) is 8.37. The van der Waals surface area contributed by atoms with Crippen LogP contribution in [0.5, 0.6) is 0 Å². The molecule has 0 aliphatic rings. The Kier molecular flexibility index (Phi) is 6.33. The van der Waals surface area contributed by atoms with Crippen molar-refractivity contribution in [2.75, 3.05) is 30.3 Å². The maximum Gasteiger partial charge on any atom is 0.243 e. The van der Waals surface area contributed by atoms with Gasteiger partial charge in [0.25, 0.3) is 0 Å². The zero-order valence-corrected chi connectivity index (χ0v) is 15.9. The summed E-state index contributed by atoms with van der Waals surface area (Å²) >= 11 is 0. The average Bonchev–Trinajstić information content (AvgIpc) is 2.59. The third-order valence-corrected chi connectivity index (χ3v) is 5.79. The van der Waals surface area contributed by atoms with E-state index in [1.165, 1.54) is 4.31 Å². The van der Waals surface area contributed by atoms with Gasteiger partial charge in [0.2, 0.25) is 16.0 Å². The van der Waals surface area contributed by atoms with Crippen LogP contribution in [0.15, 0.2) is 35.4 Å². The van der Waals surface area contributed by atoms with Crippen LogP contribution < -0.4 is 10.6 Å². The molecule has 25 heavy (non-hydrogen) atoms. The summed E-state index contributed by atoms with van der Waals surface area (Å²) in [6, 6.07) is 6.77. The Balaban J connectivity index is 2.33. The summed E-state index contributed by atoms with van der Waals surface area (Å²) in [5.74, 6) is 1.17. The van der Waals surface area contributed by atoms with Crippen LogP contribution in [0.2, 0.25) is 0 Å². The van der Waals surface area contributed by atoms with Gasteiger partial charge in [-0.2, -0.15) is 9.29 Å². The second kappa shape index (κ2) is 8.26. The predicted molar refractivity (Wildman–Crippen MR) is 101 cm³/mol. The minimum atomic E-state index is -3.49. The molecule has 0 saturated heterocycles. The number of nitrogens with zero attached hydrogens (tertiary/aromatic N) is 3. The van der Waals surface area contributed by atoms with Crippen LogP contribution in [-0.4, -0.2) is 42.3 Å². The van der Waals surface area contributed by atoms with E-state index < -0.39 is 10.0 Å². The lowest BCUT2D eigenvalue weighted by atomic mass is 10.3. The van der Waals surface area contributed by atoms with Gasteiger partial charge in [-0.15, -0.1) is 0 Å². The van der Waals surface area contributed by atoms with Gasteiger partial charge in [-0.3, -0.25) is 0 Å². The molecule has 1 aromatic heterocycles. The Bertz CT molecular complexity index is 820. The van der Waals surface area contributed by atoms with Crippen LogP contribution in [0.25, 0.3) is 0 Å². The molecule has 0 fully saturated rings. The van der Waals surface area contributed by atoms with Crippen molar-refractivity contribution >= 4 is 27.5 Å². The molecule has 7 nitrogen and oxygen atoms in total. The highest BCUT2D eigenvalue weighted by molar-refractivity contribution is 7.89. The van der Waals surface area contributed by atoms with Gasteiger partial charge in [-0.1, -0.05) is 19.9 Å². The number of benzene rings is 1. The largest absolute Gasteiger partial charge is 0.354 e. The third kappa shape index (κ3) is 4.46. The van der Waals surface area contributed by atoms with Crippen molar-refractivity contribution in [3.05, 3.63) is 36.0 Å². The van der Waals surface area contributed by atoms with Gasteiger partial charge in [0, 0.05) is 37.1 Å². The van der Waals surface area contributed by atoms with Crippen LogP contribution in [-0.2, 0) is 10.0 Å². The van der Waals surface area contributed by atoms with Crippen molar-refractivity contribution in [3.8, 4) is 0 Å². The van der Waals surface area contributed by atoms with E-state index in [9.17, 15) is 8.42 Å². The highest BCUT2D eigenvalue weighted by Crippen LogP contribution is 2.23. The Morgan fingerprint density at radius 3 is 2.52 bits per heavy atom. The Hall–Kier alpha value is -2.19. The highest BCUT2D eigenvalue weighted by atomic mass is 32.2. The molecule has 1 aromatic carbocycles. The highest BCUT2D eigenvalue weighted by Gasteiger charge is 2.21. The van der Waals surface area contributed by atoms with Crippen LogP contribution >= 0.6 is 0 Å². The number of hydrogen-bond donors (Lipinski definition) is 2. The summed E-state index contributed by atoms with van der Waals surface area (Å²) in [6.07, 6.45) is 1.73. The van der Waals surface area contributed by atoms with E-state index in [0.29, 0.717) is 30.5 Å². The maximum absolute atomic E-state index is 12.7. The smallest absolute Gasteiger partial charge is 0.243 e. The minimum Gasteiger partial charge on any atom is -0.354 e. The SMILES string of the molecule is CCNc1ncc(C)c(Nc2cccc(S(=O)(=O)N(CC)CC)c2)n1. The number of aromatic nitrogens is 2. The van der Waals surface area contributed by atoms with E-state index in [0.717, 1.165) is 12.1 Å². The summed E-state index contributed by atoms with van der Waals surface area (Å²) in [4.78, 5) is 8.89. The zero-order valence-electron chi connectivity index (χ0n) is 15.1. The fraction of sp³-hybridized carbons (Fsp3) is 0.412. The van der Waals surface area contributed by atoms with Gasteiger partial charge >= 0.3 is 0 Å². The molecule has 0 amide bonds. The average molecular weight is 363 g/mol. The lowest BCUT2D eigenvalue weighted by Crippen LogP contribution is -2.30. The molecule has 2 aromatic rings. The van der Waals surface area contributed by atoms with Crippen molar-refractivity contribution in [1.29, 1.82) is 0 Å². The fourth-order valence-corrected chi connectivity index (χ4v) is 3.90. The number of anilines is 3. The number of aryl methyl sites for hydroxylation is 1. The van der Waals surface area contributed by atoms with Crippen LogP contribution in [0, 0.1) is 6.92 Å². The fourth-order valence-electron chi connectivity index (χ4n) is 2.40. The van der Waals surface area contributed by atoms with Gasteiger partial charge in [0.1, 0.15) is 5.82 Å².